The Kier molecular flexibility index (Phi) is 3.31. The molecule has 2 N–H and O–H groups in total. The quantitative estimate of drug-likeness (QED) is 0.865. The number of aryl methyl sites for hydroxylation is 1. The Morgan fingerprint density at radius 1 is 1.32 bits per heavy atom. The van der Waals surface area contributed by atoms with Gasteiger partial charge in [0.1, 0.15) is 11.6 Å². The molecule has 1 heterocycles. The number of benzene rings is 1. The molecule has 0 aliphatic heterocycles. The fourth-order valence-electron chi connectivity index (χ4n) is 2.02. The molecule has 3 nitrogen and oxygen atoms in total. The summed E-state index contributed by atoms with van der Waals surface area (Å²) in [6.07, 6.45) is 0. The third-order valence-electron chi connectivity index (χ3n) is 3.02. The predicted octanol–water partition coefficient (Wildman–Crippen LogP) is 3.76. The average molecular weight is 282 g/mol. The van der Waals surface area contributed by atoms with Crippen molar-refractivity contribution in [2.24, 2.45) is 7.05 Å². The molecule has 0 amide bonds. The molecule has 102 valence electrons. The van der Waals surface area contributed by atoms with Crippen LogP contribution < -0.4 is 5.73 Å². The Bertz CT molecular complexity index is 626. The summed E-state index contributed by atoms with van der Waals surface area (Å²) in [6.45, 7) is 6.04. The molecule has 2 rings (SSSR count). The third kappa shape index (κ3) is 2.32. The van der Waals surface area contributed by atoms with Crippen LogP contribution in [-0.4, -0.2) is 9.78 Å². The molecule has 5 heteroatoms. The van der Waals surface area contributed by atoms with Crippen LogP contribution in [0.15, 0.2) is 18.2 Å². The maximum absolute atomic E-state index is 14.2. The van der Waals surface area contributed by atoms with Crippen LogP contribution in [0.4, 0.5) is 10.2 Å². The summed E-state index contributed by atoms with van der Waals surface area (Å²) < 4.78 is 15.8. The van der Waals surface area contributed by atoms with E-state index < -0.39 is 5.82 Å². The monoisotopic (exact) mass is 281 g/mol. The first-order chi connectivity index (χ1) is 8.73. The van der Waals surface area contributed by atoms with Gasteiger partial charge in [0.05, 0.1) is 16.3 Å². The van der Waals surface area contributed by atoms with Crippen molar-refractivity contribution in [1.29, 1.82) is 0 Å². The largest absolute Gasteiger partial charge is 0.383 e. The van der Waals surface area contributed by atoms with E-state index >= 15 is 0 Å². The van der Waals surface area contributed by atoms with E-state index in [1.807, 2.05) is 20.8 Å². The number of rotatable bonds is 1. The van der Waals surface area contributed by atoms with Crippen LogP contribution in [0, 0.1) is 5.82 Å². The molecule has 19 heavy (non-hydrogen) atoms. The second-order valence-electron chi connectivity index (χ2n) is 5.58. The first-order valence-electron chi connectivity index (χ1n) is 6.01. The molecule has 0 saturated carbocycles. The van der Waals surface area contributed by atoms with Crippen LogP contribution >= 0.6 is 11.6 Å². The van der Waals surface area contributed by atoms with Crippen molar-refractivity contribution in [3.8, 4) is 11.1 Å². The molecular weight excluding hydrogens is 265 g/mol. The molecule has 0 aliphatic carbocycles. The van der Waals surface area contributed by atoms with Gasteiger partial charge < -0.3 is 5.73 Å². The molecule has 1 aromatic carbocycles. The van der Waals surface area contributed by atoms with Gasteiger partial charge in [0, 0.05) is 18.0 Å². The molecule has 0 unspecified atom stereocenters. The van der Waals surface area contributed by atoms with Gasteiger partial charge in [-0.05, 0) is 6.07 Å². The molecule has 0 aliphatic rings. The van der Waals surface area contributed by atoms with Crippen LogP contribution in [0.1, 0.15) is 26.5 Å². The minimum Gasteiger partial charge on any atom is -0.383 e. The van der Waals surface area contributed by atoms with E-state index in [4.69, 9.17) is 17.3 Å². The lowest BCUT2D eigenvalue weighted by molar-refractivity contribution is 0.554. The number of nitrogen functional groups attached to an aromatic ring is 1. The van der Waals surface area contributed by atoms with E-state index in [9.17, 15) is 4.39 Å². The lowest BCUT2D eigenvalue weighted by Gasteiger charge is -2.18. The molecule has 0 bridgehead atoms. The van der Waals surface area contributed by atoms with Gasteiger partial charge in [-0.3, -0.25) is 4.68 Å². The normalized spacial score (nSPS) is 11.9. The highest BCUT2D eigenvalue weighted by Gasteiger charge is 2.27. The number of anilines is 1. The van der Waals surface area contributed by atoms with Crippen molar-refractivity contribution < 1.29 is 4.39 Å². The fourth-order valence-corrected chi connectivity index (χ4v) is 2.20. The maximum atomic E-state index is 14.2. The molecule has 0 atom stereocenters. The Morgan fingerprint density at radius 2 is 1.95 bits per heavy atom. The van der Waals surface area contributed by atoms with Crippen molar-refractivity contribution in [3.05, 3.63) is 34.7 Å². The van der Waals surface area contributed by atoms with E-state index in [0.29, 0.717) is 16.9 Å². The molecule has 1 aromatic heterocycles. The second-order valence-corrected chi connectivity index (χ2v) is 5.99. The zero-order valence-electron chi connectivity index (χ0n) is 11.5. The first-order valence-corrected chi connectivity index (χ1v) is 6.38. The summed E-state index contributed by atoms with van der Waals surface area (Å²) >= 11 is 5.85. The number of hydrogen-bond donors (Lipinski definition) is 1. The lowest BCUT2D eigenvalue weighted by atomic mass is 9.87. The van der Waals surface area contributed by atoms with Crippen LogP contribution in [-0.2, 0) is 12.5 Å². The number of halogens is 2. The van der Waals surface area contributed by atoms with Crippen molar-refractivity contribution in [2.75, 3.05) is 5.73 Å². The van der Waals surface area contributed by atoms with E-state index in [1.165, 1.54) is 6.07 Å². The highest BCUT2D eigenvalue weighted by atomic mass is 35.5. The number of nitrogens with two attached hydrogens (primary N) is 1. The molecule has 0 fully saturated rings. The van der Waals surface area contributed by atoms with Crippen LogP contribution in [0.25, 0.3) is 11.1 Å². The summed E-state index contributed by atoms with van der Waals surface area (Å²) in [5.74, 6) is -0.0274. The summed E-state index contributed by atoms with van der Waals surface area (Å²) in [4.78, 5) is 0. The number of aromatic nitrogens is 2. The number of hydrogen-bond acceptors (Lipinski definition) is 2. The topological polar surface area (TPSA) is 43.8 Å². The molecule has 2 aromatic rings. The Morgan fingerprint density at radius 3 is 2.53 bits per heavy atom. The molecule has 0 spiro atoms. The first kappa shape index (κ1) is 13.9. The SMILES string of the molecule is Cn1nc(C(C)(C)C)c(-c2cccc(Cl)c2F)c1N. The zero-order chi connectivity index (χ0) is 14.4. The second kappa shape index (κ2) is 4.53. The van der Waals surface area contributed by atoms with Gasteiger partial charge in [0.25, 0.3) is 0 Å². The molecule has 0 saturated heterocycles. The van der Waals surface area contributed by atoms with Crippen LogP contribution in [0.3, 0.4) is 0 Å². The van der Waals surface area contributed by atoms with Gasteiger partial charge in [0.15, 0.2) is 0 Å². The van der Waals surface area contributed by atoms with E-state index in [2.05, 4.69) is 5.10 Å². The van der Waals surface area contributed by atoms with Crippen molar-refractivity contribution >= 4 is 17.4 Å². The average Bonchev–Trinajstić information content (AvgIpc) is 2.60. The smallest absolute Gasteiger partial charge is 0.149 e. The van der Waals surface area contributed by atoms with Crippen LogP contribution in [0.2, 0.25) is 5.02 Å². The highest BCUT2D eigenvalue weighted by Crippen LogP contribution is 2.38. The van der Waals surface area contributed by atoms with Gasteiger partial charge in [-0.1, -0.05) is 44.5 Å². The molecular formula is C14H17ClFN3. The fraction of sp³-hybridized carbons (Fsp3) is 0.357. The lowest BCUT2D eigenvalue weighted by Crippen LogP contribution is -2.14. The summed E-state index contributed by atoms with van der Waals surface area (Å²) in [5, 5.41) is 4.49. The maximum Gasteiger partial charge on any atom is 0.149 e. The third-order valence-corrected chi connectivity index (χ3v) is 3.31. The summed E-state index contributed by atoms with van der Waals surface area (Å²) in [6, 6.07) is 4.90. The minimum atomic E-state index is -0.464. The van der Waals surface area contributed by atoms with Gasteiger partial charge in [0.2, 0.25) is 0 Å². The standard InChI is InChI=1S/C14H17ClFN3/c1-14(2,3)12-10(13(17)19(4)18-12)8-6-5-7-9(15)11(8)16/h5-7H,17H2,1-4H3. The van der Waals surface area contributed by atoms with Gasteiger partial charge in [-0.15, -0.1) is 0 Å². The van der Waals surface area contributed by atoms with Crippen molar-refractivity contribution in [2.45, 2.75) is 26.2 Å². The highest BCUT2D eigenvalue weighted by molar-refractivity contribution is 6.31. The van der Waals surface area contributed by atoms with E-state index in [0.717, 1.165) is 5.69 Å². The van der Waals surface area contributed by atoms with Crippen LogP contribution in [0.5, 0.6) is 0 Å². The minimum absolute atomic E-state index is 0.0839. The zero-order valence-corrected chi connectivity index (χ0v) is 12.2. The Labute approximate surface area is 117 Å². The van der Waals surface area contributed by atoms with E-state index in [1.54, 1.807) is 23.9 Å². The van der Waals surface area contributed by atoms with Gasteiger partial charge in [-0.25, -0.2) is 4.39 Å². The Hall–Kier alpha value is -1.55. The van der Waals surface area contributed by atoms with Gasteiger partial charge >= 0.3 is 0 Å². The Balaban J connectivity index is 2.78. The summed E-state index contributed by atoms with van der Waals surface area (Å²) in [5.41, 5.74) is 7.58. The van der Waals surface area contributed by atoms with E-state index in [-0.39, 0.29) is 10.4 Å². The summed E-state index contributed by atoms with van der Waals surface area (Å²) in [7, 11) is 1.75. The molecule has 0 radical (unpaired) electrons. The van der Waals surface area contributed by atoms with Crippen molar-refractivity contribution in [1.82, 2.24) is 9.78 Å². The van der Waals surface area contributed by atoms with Gasteiger partial charge in [-0.2, -0.15) is 5.10 Å². The predicted molar refractivity (Wildman–Crippen MR) is 76.7 cm³/mol. The van der Waals surface area contributed by atoms with Crippen molar-refractivity contribution in [3.63, 3.8) is 0 Å². The number of nitrogens with zero attached hydrogens (tertiary/aromatic N) is 2.